The molecule has 1 N–H and O–H groups in total. The summed E-state index contributed by atoms with van der Waals surface area (Å²) in [5, 5.41) is 3.13. The van der Waals surface area contributed by atoms with Gasteiger partial charge in [0.25, 0.3) is 0 Å². The van der Waals surface area contributed by atoms with Crippen molar-refractivity contribution in [1.29, 1.82) is 0 Å². The Hall–Kier alpha value is -2.00. The summed E-state index contributed by atoms with van der Waals surface area (Å²) in [6.45, 7) is 2.97. The third-order valence-corrected chi connectivity index (χ3v) is 2.99. The summed E-state index contributed by atoms with van der Waals surface area (Å²) in [5.41, 5.74) is 0. The van der Waals surface area contributed by atoms with Crippen molar-refractivity contribution in [3.8, 4) is 17.2 Å². The topological polar surface area (TPSA) is 30.5 Å². The molecule has 0 heterocycles. The zero-order valence-electron chi connectivity index (χ0n) is 12.0. The average molecular weight is 271 g/mol. The zero-order valence-corrected chi connectivity index (χ0v) is 12.0. The maximum absolute atomic E-state index is 5.89. The van der Waals surface area contributed by atoms with Crippen molar-refractivity contribution in [1.82, 2.24) is 5.32 Å². The van der Waals surface area contributed by atoms with Crippen molar-refractivity contribution < 1.29 is 9.47 Å². The number of likely N-dealkylation sites (N-methyl/N-ethyl adjacent to an activating group) is 1. The quantitative estimate of drug-likeness (QED) is 0.829. The minimum Gasteiger partial charge on any atom is -0.489 e. The van der Waals surface area contributed by atoms with E-state index in [1.165, 1.54) is 0 Å². The van der Waals surface area contributed by atoms with Crippen LogP contribution in [0.1, 0.15) is 13.3 Å². The van der Waals surface area contributed by atoms with E-state index in [1.807, 2.05) is 61.6 Å². The number of benzene rings is 2. The smallest absolute Gasteiger partial charge is 0.127 e. The molecule has 106 valence electrons. The molecule has 1 atom stereocenters. The highest BCUT2D eigenvalue weighted by molar-refractivity contribution is 5.35. The van der Waals surface area contributed by atoms with Gasteiger partial charge in [0.2, 0.25) is 0 Å². The van der Waals surface area contributed by atoms with Crippen LogP contribution < -0.4 is 14.8 Å². The third-order valence-electron chi connectivity index (χ3n) is 2.99. The fourth-order valence-electron chi connectivity index (χ4n) is 1.90. The van der Waals surface area contributed by atoms with Gasteiger partial charge in [-0.05, 0) is 49.9 Å². The van der Waals surface area contributed by atoms with Crippen LogP contribution in [0.25, 0.3) is 0 Å². The molecule has 3 nitrogen and oxygen atoms in total. The van der Waals surface area contributed by atoms with E-state index in [4.69, 9.17) is 9.47 Å². The van der Waals surface area contributed by atoms with Crippen LogP contribution in [0, 0.1) is 0 Å². The average Bonchev–Trinajstić information content (AvgIpc) is 2.50. The maximum Gasteiger partial charge on any atom is 0.127 e. The molecular weight excluding hydrogens is 250 g/mol. The molecule has 0 amide bonds. The minimum absolute atomic E-state index is 0.195. The van der Waals surface area contributed by atoms with Crippen LogP contribution in [-0.4, -0.2) is 19.7 Å². The first kappa shape index (κ1) is 14.4. The highest BCUT2D eigenvalue weighted by Gasteiger charge is 2.06. The Morgan fingerprint density at radius 1 is 0.900 bits per heavy atom. The monoisotopic (exact) mass is 271 g/mol. The van der Waals surface area contributed by atoms with E-state index >= 15 is 0 Å². The molecule has 0 radical (unpaired) electrons. The fraction of sp³-hybridized carbons (Fsp3) is 0.294. The summed E-state index contributed by atoms with van der Waals surface area (Å²) in [5.74, 6) is 2.51. The summed E-state index contributed by atoms with van der Waals surface area (Å²) in [7, 11) is 1.93. The van der Waals surface area contributed by atoms with Gasteiger partial charge in [-0.2, -0.15) is 0 Å². The van der Waals surface area contributed by atoms with Gasteiger partial charge >= 0.3 is 0 Å². The fourth-order valence-corrected chi connectivity index (χ4v) is 1.90. The molecule has 3 heteroatoms. The molecule has 20 heavy (non-hydrogen) atoms. The minimum atomic E-state index is 0.195. The number of hydrogen-bond donors (Lipinski definition) is 1. The molecule has 1 unspecified atom stereocenters. The number of ether oxygens (including phenoxy) is 2. The highest BCUT2D eigenvalue weighted by Crippen LogP contribution is 2.24. The van der Waals surface area contributed by atoms with Crippen molar-refractivity contribution in [3.63, 3.8) is 0 Å². The molecule has 2 aromatic carbocycles. The molecule has 0 aromatic heterocycles. The molecule has 2 aromatic rings. The van der Waals surface area contributed by atoms with Crippen LogP contribution >= 0.6 is 0 Å². The van der Waals surface area contributed by atoms with Crippen LogP contribution in [0.4, 0.5) is 0 Å². The van der Waals surface area contributed by atoms with Gasteiger partial charge in [-0.25, -0.2) is 0 Å². The first-order chi connectivity index (χ1) is 9.81. The lowest BCUT2D eigenvalue weighted by atomic mass is 10.2. The second-order valence-corrected chi connectivity index (χ2v) is 4.59. The lowest BCUT2D eigenvalue weighted by Crippen LogP contribution is -2.28. The Balaban J connectivity index is 1.96. The van der Waals surface area contributed by atoms with Crippen molar-refractivity contribution in [2.45, 2.75) is 19.4 Å². The van der Waals surface area contributed by atoms with Crippen LogP contribution in [0.15, 0.2) is 54.6 Å². The first-order valence-corrected chi connectivity index (χ1v) is 6.96. The predicted octanol–water partition coefficient (Wildman–Crippen LogP) is 3.86. The van der Waals surface area contributed by atoms with Gasteiger partial charge < -0.3 is 14.8 Å². The van der Waals surface area contributed by atoms with Gasteiger partial charge in [0.05, 0.1) is 0 Å². The van der Waals surface area contributed by atoms with Crippen LogP contribution in [0.5, 0.6) is 17.2 Å². The molecule has 0 aliphatic rings. The van der Waals surface area contributed by atoms with E-state index < -0.39 is 0 Å². The van der Waals surface area contributed by atoms with Gasteiger partial charge in [-0.15, -0.1) is 0 Å². The number of para-hydroxylation sites is 1. The number of hydrogen-bond acceptors (Lipinski definition) is 3. The standard InChI is InChI=1S/C17H21NO2/c1-3-14(13-18-2)19-16-9-11-17(12-10-16)20-15-7-5-4-6-8-15/h4-12,14,18H,3,13H2,1-2H3. The van der Waals surface area contributed by atoms with Gasteiger partial charge in [-0.1, -0.05) is 25.1 Å². The molecular formula is C17H21NO2. The molecule has 0 aliphatic carbocycles. The Morgan fingerprint density at radius 3 is 2.10 bits per heavy atom. The number of nitrogens with one attached hydrogen (secondary N) is 1. The van der Waals surface area contributed by atoms with E-state index in [0.29, 0.717) is 0 Å². The van der Waals surface area contributed by atoms with E-state index in [9.17, 15) is 0 Å². The number of rotatable bonds is 7. The van der Waals surface area contributed by atoms with Gasteiger partial charge in [0, 0.05) is 6.54 Å². The van der Waals surface area contributed by atoms with Gasteiger partial charge in [0.1, 0.15) is 23.4 Å². The van der Waals surface area contributed by atoms with Crippen LogP contribution in [-0.2, 0) is 0 Å². The van der Waals surface area contributed by atoms with E-state index in [1.54, 1.807) is 0 Å². The zero-order chi connectivity index (χ0) is 14.2. The summed E-state index contributed by atoms with van der Waals surface area (Å²) in [6, 6.07) is 17.5. The van der Waals surface area contributed by atoms with E-state index in [0.717, 1.165) is 30.2 Å². The Labute approximate surface area is 120 Å². The Bertz CT molecular complexity index is 496. The van der Waals surface area contributed by atoms with Gasteiger partial charge in [0.15, 0.2) is 0 Å². The second kappa shape index (κ2) is 7.56. The SMILES string of the molecule is CCC(CNC)Oc1ccc(Oc2ccccc2)cc1. The molecule has 0 saturated heterocycles. The molecule has 0 bridgehead atoms. The summed E-state index contributed by atoms with van der Waals surface area (Å²) in [4.78, 5) is 0. The summed E-state index contributed by atoms with van der Waals surface area (Å²) in [6.07, 6.45) is 1.17. The molecule has 0 aliphatic heterocycles. The Kier molecular flexibility index (Phi) is 5.44. The summed E-state index contributed by atoms with van der Waals surface area (Å²) >= 11 is 0. The lowest BCUT2D eigenvalue weighted by molar-refractivity contribution is 0.196. The van der Waals surface area contributed by atoms with Crippen LogP contribution in [0.3, 0.4) is 0 Å². The molecule has 0 fully saturated rings. The Morgan fingerprint density at radius 2 is 1.50 bits per heavy atom. The lowest BCUT2D eigenvalue weighted by Gasteiger charge is -2.17. The van der Waals surface area contributed by atoms with Crippen molar-refractivity contribution in [2.24, 2.45) is 0 Å². The second-order valence-electron chi connectivity index (χ2n) is 4.59. The normalized spacial score (nSPS) is 11.9. The molecule has 0 spiro atoms. The molecule has 0 saturated carbocycles. The first-order valence-electron chi connectivity index (χ1n) is 6.96. The third kappa shape index (κ3) is 4.28. The van der Waals surface area contributed by atoms with Crippen molar-refractivity contribution >= 4 is 0 Å². The van der Waals surface area contributed by atoms with E-state index in [-0.39, 0.29) is 6.10 Å². The van der Waals surface area contributed by atoms with Crippen LogP contribution in [0.2, 0.25) is 0 Å². The van der Waals surface area contributed by atoms with Gasteiger partial charge in [-0.3, -0.25) is 0 Å². The maximum atomic E-state index is 5.89. The summed E-state index contributed by atoms with van der Waals surface area (Å²) < 4.78 is 11.6. The molecule has 2 rings (SSSR count). The van der Waals surface area contributed by atoms with Crippen molar-refractivity contribution in [3.05, 3.63) is 54.6 Å². The highest BCUT2D eigenvalue weighted by atomic mass is 16.5. The largest absolute Gasteiger partial charge is 0.489 e. The van der Waals surface area contributed by atoms with Crippen molar-refractivity contribution in [2.75, 3.05) is 13.6 Å². The predicted molar refractivity (Wildman–Crippen MR) is 81.6 cm³/mol. The van der Waals surface area contributed by atoms with E-state index in [2.05, 4.69) is 12.2 Å².